The van der Waals surface area contributed by atoms with Crippen molar-refractivity contribution in [3.05, 3.63) is 53.8 Å². The number of anilines is 1. The summed E-state index contributed by atoms with van der Waals surface area (Å²) in [5, 5.41) is 3.95. The summed E-state index contributed by atoms with van der Waals surface area (Å²) in [5.41, 5.74) is 3.78. The summed E-state index contributed by atoms with van der Waals surface area (Å²) in [7, 11) is 0. The van der Waals surface area contributed by atoms with Crippen LogP contribution < -0.4 is 19.8 Å². The summed E-state index contributed by atoms with van der Waals surface area (Å²) in [6.45, 7) is 0.419. The molecule has 1 N–H and O–H groups in total. The van der Waals surface area contributed by atoms with Crippen LogP contribution in [0.4, 0.5) is 10.1 Å². The van der Waals surface area contributed by atoms with Gasteiger partial charge in [-0.15, -0.1) is 0 Å². The normalized spacial score (nSPS) is 18.3. The lowest BCUT2D eigenvalue weighted by Gasteiger charge is -2.16. The molecule has 0 saturated carbocycles. The van der Waals surface area contributed by atoms with E-state index in [1.54, 1.807) is 18.2 Å². The van der Waals surface area contributed by atoms with Gasteiger partial charge in [-0.05, 0) is 48.0 Å². The number of nitrogens with zero attached hydrogens (tertiary/aromatic N) is 2. The van der Waals surface area contributed by atoms with Crippen molar-refractivity contribution in [2.75, 3.05) is 18.2 Å². The van der Waals surface area contributed by atoms with Crippen molar-refractivity contribution in [1.82, 2.24) is 5.43 Å². The first-order chi connectivity index (χ1) is 13.1. The van der Waals surface area contributed by atoms with E-state index in [2.05, 4.69) is 10.5 Å². The number of benzene rings is 2. The Morgan fingerprint density at radius 2 is 1.96 bits per heavy atom. The zero-order valence-corrected chi connectivity index (χ0v) is 14.2. The van der Waals surface area contributed by atoms with E-state index >= 15 is 0 Å². The van der Waals surface area contributed by atoms with Crippen LogP contribution in [0.5, 0.6) is 11.5 Å². The molecule has 0 radical (unpaired) electrons. The van der Waals surface area contributed by atoms with Gasteiger partial charge >= 0.3 is 0 Å². The lowest BCUT2D eigenvalue weighted by atomic mass is 10.1. The Morgan fingerprint density at radius 3 is 2.78 bits per heavy atom. The zero-order valence-electron chi connectivity index (χ0n) is 14.2. The molecule has 2 aliphatic rings. The second kappa shape index (κ2) is 7.06. The van der Waals surface area contributed by atoms with Crippen LogP contribution >= 0.6 is 0 Å². The molecule has 4 rings (SSSR count). The molecule has 0 aliphatic carbocycles. The molecule has 2 aliphatic heterocycles. The molecule has 7 nitrogen and oxygen atoms in total. The summed E-state index contributed by atoms with van der Waals surface area (Å²) in [4.78, 5) is 25.9. The highest BCUT2D eigenvalue weighted by Gasteiger charge is 2.35. The number of hydrogen-bond acceptors (Lipinski definition) is 5. The molecule has 27 heavy (non-hydrogen) atoms. The number of rotatable bonds is 4. The highest BCUT2D eigenvalue weighted by atomic mass is 19.1. The average molecular weight is 369 g/mol. The van der Waals surface area contributed by atoms with Crippen LogP contribution in [0.2, 0.25) is 0 Å². The van der Waals surface area contributed by atoms with E-state index in [1.165, 1.54) is 35.4 Å². The fourth-order valence-corrected chi connectivity index (χ4v) is 3.01. The molecule has 0 spiro atoms. The van der Waals surface area contributed by atoms with Gasteiger partial charge < -0.3 is 14.4 Å². The van der Waals surface area contributed by atoms with E-state index in [0.717, 1.165) is 5.56 Å². The minimum Gasteiger partial charge on any atom is -0.454 e. The Balaban J connectivity index is 1.36. The van der Waals surface area contributed by atoms with Gasteiger partial charge in [0.1, 0.15) is 5.82 Å². The van der Waals surface area contributed by atoms with Crippen LogP contribution in [0.3, 0.4) is 0 Å². The third-order valence-corrected chi connectivity index (χ3v) is 4.42. The second-order valence-corrected chi connectivity index (χ2v) is 6.23. The largest absolute Gasteiger partial charge is 0.454 e. The Bertz CT molecular complexity index is 914. The maximum Gasteiger partial charge on any atom is 0.245 e. The van der Waals surface area contributed by atoms with Crippen LogP contribution in [0.25, 0.3) is 0 Å². The van der Waals surface area contributed by atoms with Crippen molar-refractivity contribution in [2.45, 2.75) is 6.42 Å². The molecule has 1 fully saturated rings. The van der Waals surface area contributed by atoms with Crippen molar-refractivity contribution in [1.29, 1.82) is 0 Å². The van der Waals surface area contributed by atoms with Crippen LogP contribution in [0, 0.1) is 11.7 Å². The number of hydrogen-bond donors (Lipinski definition) is 1. The number of carbonyl (C=O) groups excluding carboxylic acids is 2. The molecule has 0 aromatic heterocycles. The third-order valence-electron chi connectivity index (χ3n) is 4.42. The Morgan fingerprint density at radius 1 is 1.19 bits per heavy atom. The maximum absolute atomic E-state index is 13.0. The first-order valence-electron chi connectivity index (χ1n) is 8.38. The molecule has 0 unspecified atom stereocenters. The van der Waals surface area contributed by atoms with Crippen LogP contribution in [0.1, 0.15) is 12.0 Å². The molecule has 2 heterocycles. The summed E-state index contributed by atoms with van der Waals surface area (Å²) in [6, 6.07) is 10.9. The minimum atomic E-state index is -0.517. The van der Waals surface area contributed by atoms with Gasteiger partial charge in [0.25, 0.3) is 0 Å². The van der Waals surface area contributed by atoms with Crippen LogP contribution in [-0.4, -0.2) is 31.4 Å². The lowest BCUT2D eigenvalue weighted by Crippen LogP contribution is -2.30. The monoisotopic (exact) mass is 369 g/mol. The Kier molecular flexibility index (Phi) is 4.45. The lowest BCUT2D eigenvalue weighted by molar-refractivity contribution is -0.126. The first kappa shape index (κ1) is 17.0. The van der Waals surface area contributed by atoms with E-state index in [9.17, 15) is 14.0 Å². The van der Waals surface area contributed by atoms with Gasteiger partial charge in [-0.3, -0.25) is 9.59 Å². The number of ether oxygens (including phenoxy) is 2. The molecule has 2 aromatic carbocycles. The van der Waals surface area contributed by atoms with Crippen molar-refractivity contribution in [3.63, 3.8) is 0 Å². The number of nitrogens with one attached hydrogen (secondary N) is 1. The maximum atomic E-state index is 13.0. The predicted molar refractivity (Wildman–Crippen MR) is 95.2 cm³/mol. The molecule has 138 valence electrons. The van der Waals surface area contributed by atoms with Gasteiger partial charge in [-0.1, -0.05) is 0 Å². The summed E-state index contributed by atoms with van der Waals surface area (Å²) < 4.78 is 23.5. The van der Waals surface area contributed by atoms with Crippen molar-refractivity contribution < 1.29 is 23.5 Å². The van der Waals surface area contributed by atoms with E-state index in [1.807, 2.05) is 0 Å². The number of halogens is 1. The van der Waals surface area contributed by atoms with Crippen molar-refractivity contribution >= 4 is 23.7 Å². The first-order valence-corrected chi connectivity index (χ1v) is 8.38. The van der Waals surface area contributed by atoms with E-state index < -0.39 is 5.92 Å². The highest BCUT2D eigenvalue weighted by molar-refractivity contribution is 6.00. The van der Waals surface area contributed by atoms with E-state index in [0.29, 0.717) is 17.2 Å². The Hall–Kier alpha value is -3.42. The molecular weight excluding hydrogens is 353 g/mol. The standard InChI is InChI=1S/C19H16FN3O4/c20-14-2-4-15(5-3-14)23-10-13(8-18(23)24)19(25)22-21-9-12-1-6-16-17(7-12)27-11-26-16/h1-7,9,13H,8,10-11H2,(H,22,25)/b21-9-/t13-/m1/s1. The molecule has 8 heteroatoms. The number of carbonyl (C=O) groups is 2. The molecule has 1 atom stereocenters. The van der Waals surface area contributed by atoms with Gasteiger partial charge in [0, 0.05) is 18.7 Å². The molecule has 2 amide bonds. The van der Waals surface area contributed by atoms with Gasteiger partial charge in [0.05, 0.1) is 12.1 Å². The third kappa shape index (κ3) is 3.59. The van der Waals surface area contributed by atoms with Crippen LogP contribution in [0.15, 0.2) is 47.6 Å². The van der Waals surface area contributed by atoms with Crippen molar-refractivity contribution in [3.8, 4) is 11.5 Å². The molecule has 0 bridgehead atoms. The summed E-state index contributed by atoms with van der Waals surface area (Å²) in [5.74, 6) is -0.122. The topological polar surface area (TPSA) is 80.2 Å². The van der Waals surface area contributed by atoms with Crippen LogP contribution in [-0.2, 0) is 9.59 Å². The molecular formula is C19H16FN3O4. The van der Waals surface area contributed by atoms with Gasteiger partial charge in [-0.25, -0.2) is 9.82 Å². The number of hydrazone groups is 1. The average Bonchev–Trinajstić information content (AvgIpc) is 3.28. The summed E-state index contributed by atoms with van der Waals surface area (Å²) in [6.07, 6.45) is 1.58. The van der Waals surface area contributed by atoms with Gasteiger partial charge in [-0.2, -0.15) is 5.10 Å². The fraction of sp³-hybridized carbons (Fsp3) is 0.211. The van der Waals surface area contributed by atoms with Gasteiger partial charge in [0.2, 0.25) is 18.6 Å². The predicted octanol–water partition coefficient (Wildman–Crippen LogP) is 2.06. The fourth-order valence-electron chi connectivity index (χ4n) is 3.01. The Labute approximate surface area is 154 Å². The summed E-state index contributed by atoms with van der Waals surface area (Å²) >= 11 is 0. The number of amides is 2. The highest BCUT2D eigenvalue weighted by Crippen LogP contribution is 2.32. The second-order valence-electron chi connectivity index (χ2n) is 6.23. The van der Waals surface area contributed by atoms with E-state index in [4.69, 9.17) is 9.47 Å². The van der Waals surface area contributed by atoms with Gasteiger partial charge in [0.15, 0.2) is 11.5 Å². The smallest absolute Gasteiger partial charge is 0.245 e. The SMILES string of the molecule is O=C(N/N=C\c1ccc2c(c1)OCO2)[C@@H]1CC(=O)N(c2ccc(F)cc2)C1. The molecule has 2 aromatic rings. The quantitative estimate of drug-likeness (QED) is 0.661. The number of fused-ring (bicyclic) bond motifs is 1. The molecule has 1 saturated heterocycles. The minimum absolute atomic E-state index is 0.0861. The van der Waals surface area contributed by atoms with E-state index in [-0.39, 0.29) is 37.4 Å². The van der Waals surface area contributed by atoms with Crippen molar-refractivity contribution in [2.24, 2.45) is 11.0 Å². The zero-order chi connectivity index (χ0) is 18.8.